The van der Waals surface area contributed by atoms with Gasteiger partial charge in [0.1, 0.15) is 0 Å². The number of hydrogen-bond donors (Lipinski definition) is 2. The summed E-state index contributed by atoms with van der Waals surface area (Å²) in [5, 5.41) is 10.2. The maximum atomic E-state index is 12.9. The highest BCUT2D eigenvalue weighted by Crippen LogP contribution is 2.40. The normalized spacial score (nSPS) is 39.4. The summed E-state index contributed by atoms with van der Waals surface area (Å²) in [5.74, 6) is 0.956. The number of likely N-dealkylation sites (tertiary alicyclic amines) is 1. The third-order valence-corrected chi connectivity index (χ3v) is 5.43. The van der Waals surface area contributed by atoms with Crippen molar-refractivity contribution in [1.82, 2.24) is 4.90 Å². The second kappa shape index (κ2) is 6.02. The van der Waals surface area contributed by atoms with Crippen LogP contribution in [0.15, 0.2) is 0 Å². The van der Waals surface area contributed by atoms with Gasteiger partial charge >= 0.3 is 0 Å². The summed E-state index contributed by atoms with van der Waals surface area (Å²) >= 11 is 0. The van der Waals surface area contributed by atoms with Crippen molar-refractivity contribution in [3.63, 3.8) is 0 Å². The summed E-state index contributed by atoms with van der Waals surface area (Å²) in [5.41, 5.74) is 5.04. The fraction of sp³-hybridized carbons (Fsp3) is 0.938. The standard InChI is InChI=1S/C16H30N2O2/c1-13-4-7-16(12-17,8-5-13)14(19)18-10-3-6-15(2,20)9-11-18/h13,20H,3-12,17H2,1-2H3. The minimum absolute atomic E-state index is 0.240. The average Bonchev–Trinajstić information content (AvgIpc) is 2.60. The van der Waals surface area contributed by atoms with E-state index in [0.29, 0.717) is 25.4 Å². The lowest BCUT2D eigenvalue weighted by atomic mass is 9.70. The van der Waals surface area contributed by atoms with Gasteiger partial charge in [-0.05, 0) is 57.8 Å². The van der Waals surface area contributed by atoms with E-state index >= 15 is 0 Å². The van der Waals surface area contributed by atoms with Crippen LogP contribution < -0.4 is 5.73 Å². The van der Waals surface area contributed by atoms with Gasteiger partial charge in [-0.25, -0.2) is 0 Å². The van der Waals surface area contributed by atoms with Crippen molar-refractivity contribution in [2.45, 2.75) is 64.4 Å². The van der Waals surface area contributed by atoms with Gasteiger partial charge in [0.05, 0.1) is 11.0 Å². The fourth-order valence-corrected chi connectivity index (χ4v) is 3.62. The molecule has 2 rings (SSSR count). The second-order valence-electron chi connectivity index (χ2n) is 7.31. The van der Waals surface area contributed by atoms with Crippen LogP contribution in [0.1, 0.15) is 58.8 Å². The first-order chi connectivity index (χ1) is 9.38. The van der Waals surface area contributed by atoms with E-state index in [1.54, 1.807) is 0 Å². The average molecular weight is 282 g/mol. The first-order valence-electron chi connectivity index (χ1n) is 8.10. The van der Waals surface area contributed by atoms with E-state index in [9.17, 15) is 9.90 Å². The highest BCUT2D eigenvalue weighted by molar-refractivity contribution is 5.83. The van der Waals surface area contributed by atoms with Crippen LogP contribution in [0.25, 0.3) is 0 Å². The minimum Gasteiger partial charge on any atom is -0.390 e. The molecule has 3 N–H and O–H groups in total. The number of nitrogens with two attached hydrogens (primary N) is 1. The summed E-state index contributed by atoms with van der Waals surface area (Å²) in [4.78, 5) is 14.9. The molecule has 1 saturated heterocycles. The number of rotatable bonds is 2. The Balaban J connectivity index is 2.05. The number of hydrogen-bond acceptors (Lipinski definition) is 3. The molecule has 1 aliphatic heterocycles. The molecular formula is C16H30N2O2. The minimum atomic E-state index is -0.619. The van der Waals surface area contributed by atoms with E-state index in [1.165, 1.54) is 0 Å². The Hall–Kier alpha value is -0.610. The molecule has 1 amide bonds. The zero-order valence-corrected chi connectivity index (χ0v) is 13.0. The van der Waals surface area contributed by atoms with Crippen molar-refractivity contribution < 1.29 is 9.90 Å². The maximum absolute atomic E-state index is 12.9. The number of carbonyl (C=O) groups is 1. The highest BCUT2D eigenvalue weighted by atomic mass is 16.3. The molecule has 2 fully saturated rings. The SMILES string of the molecule is CC1CCC(CN)(C(=O)N2CCCC(C)(O)CC2)CC1. The van der Waals surface area contributed by atoms with Gasteiger partial charge in [-0.2, -0.15) is 0 Å². The van der Waals surface area contributed by atoms with Gasteiger partial charge in [-0.15, -0.1) is 0 Å². The molecule has 116 valence electrons. The third kappa shape index (κ3) is 3.34. The molecule has 0 aromatic rings. The van der Waals surface area contributed by atoms with E-state index in [0.717, 1.165) is 45.1 Å². The molecule has 0 spiro atoms. The van der Waals surface area contributed by atoms with E-state index in [-0.39, 0.29) is 11.3 Å². The van der Waals surface area contributed by atoms with Gasteiger partial charge in [0.25, 0.3) is 0 Å². The maximum Gasteiger partial charge on any atom is 0.230 e. The van der Waals surface area contributed by atoms with E-state index < -0.39 is 5.60 Å². The molecule has 1 saturated carbocycles. The van der Waals surface area contributed by atoms with Crippen molar-refractivity contribution in [2.75, 3.05) is 19.6 Å². The Morgan fingerprint density at radius 2 is 1.90 bits per heavy atom. The molecule has 4 heteroatoms. The fourth-order valence-electron chi connectivity index (χ4n) is 3.62. The van der Waals surface area contributed by atoms with Crippen molar-refractivity contribution >= 4 is 5.91 Å². The Bertz CT molecular complexity index is 346. The molecular weight excluding hydrogens is 252 g/mol. The molecule has 2 aliphatic rings. The van der Waals surface area contributed by atoms with Crippen LogP contribution in [-0.2, 0) is 4.79 Å². The number of aliphatic hydroxyl groups is 1. The molecule has 1 heterocycles. The lowest BCUT2D eigenvalue weighted by Crippen LogP contribution is -2.50. The van der Waals surface area contributed by atoms with Crippen LogP contribution in [0.2, 0.25) is 0 Å². The van der Waals surface area contributed by atoms with E-state index in [4.69, 9.17) is 5.73 Å². The summed E-state index contributed by atoms with van der Waals surface area (Å²) in [7, 11) is 0. The van der Waals surface area contributed by atoms with Gasteiger partial charge in [0.2, 0.25) is 5.91 Å². The van der Waals surface area contributed by atoms with Gasteiger partial charge in [-0.1, -0.05) is 6.92 Å². The highest BCUT2D eigenvalue weighted by Gasteiger charge is 2.42. The van der Waals surface area contributed by atoms with Crippen molar-refractivity contribution in [3.05, 3.63) is 0 Å². The molecule has 0 bridgehead atoms. The molecule has 0 aromatic carbocycles. The molecule has 1 unspecified atom stereocenters. The summed E-state index contributed by atoms with van der Waals surface area (Å²) in [6.45, 7) is 6.04. The lowest BCUT2D eigenvalue weighted by molar-refractivity contribution is -0.144. The molecule has 20 heavy (non-hydrogen) atoms. The van der Waals surface area contributed by atoms with Gasteiger partial charge < -0.3 is 15.7 Å². The van der Waals surface area contributed by atoms with E-state index in [2.05, 4.69) is 6.92 Å². The zero-order valence-electron chi connectivity index (χ0n) is 13.0. The van der Waals surface area contributed by atoms with Crippen LogP contribution >= 0.6 is 0 Å². The van der Waals surface area contributed by atoms with E-state index in [1.807, 2.05) is 11.8 Å². The molecule has 4 nitrogen and oxygen atoms in total. The predicted octanol–water partition coefficient (Wildman–Crippen LogP) is 1.91. The lowest BCUT2D eigenvalue weighted by Gasteiger charge is -2.40. The molecule has 1 aliphatic carbocycles. The third-order valence-electron chi connectivity index (χ3n) is 5.43. The quantitative estimate of drug-likeness (QED) is 0.813. The Morgan fingerprint density at radius 3 is 2.50 bits per heavy atom. The smallest absolute Gasteiger partial charge is 0.230 e. The largest absolute Gasteiger partial charge is 0.390 e. The number of carbonyl (C=O) groups excluding carboxylic acids is 1. The van der Waals surface area contributed by atoms with Crippen molar-refractivity contribution in [1.29, 1.82) is 0 Å². The predicted molar refractivity (Wildman–Crippen MR) is 80.2 cm³/mol. The van der Waals surface area contributed by atoms with Gasteiger partial charge in [-0.3, -0.25) is 4.79 Å². The molecule has 0 aromatic heterocycles. The Kier molecular flexibility index (Phi) is 4.75. The van der Waals surface area contributed by atoms with Crippen molar-refractivity contribution in [3.8, 4) is 0 Å². The summed E-state index contributed by atoms with van der Waals surface area (Å²) < 4.78 is 0. The van der Waals surface area contributed by atoms with Gasteiger partial charge in [0, 0.05) is 19.6 Å². The summed E-state index contributed by atoms with van der Waals surface area (Å²) in [6, 6.07) is 0. The van der Waals surface area contributed by atoms with Crippen LogP contribution in [0.4, 0.5) is 0 Å². The molecule has 1 atom stereocenters. The first-order valence-corrected chi connectivity index (χ1v) is 8.10. The topological polar surface area (TPSA) is 66.6 Å². The van der Waals surface area contributed by atoms with Gasteiger partial charge in [0.15, 0.2) is 0 Å². The summed E-state index contributed by atoms with van der Waals surface area (Å²) in [6.07, 6.45) is 6.41. The Morgan fingerprint density at radius 1 is 1.25 bits per heavy atom. The second-order valence-corrected chi connectivity index (χ2v) is 7.31. The monoisotopic (exact) mass is 282 g/mol. The van der Waals surface area contributed by atoms with Crippen LogP contribution in [0, 0.1) is 11.3 Å². The number of nitrogens with zero attached hydrogens (tertiary/aromatic N) is 1. The zero-order chi connectivity index (χ0) is 14.8. The van der Waals surface area contributed by atoms with Crippen LogP contribution in [0.5, 0.6) is 0 Å². The van der Waals surface area contributed by atoms with Crippen molar-refractivity contribution in [2.24, 2.45) is 17.1 Å². The Labute approximate surface area is 122 Å². The number of amides is 1. The van der Waals surface area contributed by atoms with Crippen LogP contribution in [-0.4, -0.2) is 41.1 Å². The molecule has 0 radical (unpaired) electrons. The first kappa shape index (κ1) is 15.8. The van der Waals surface area contributed by atoms with Crippen LogP contribution in [0.3, 0.4) is 0 Å².